The third-order valence-corrected chi connectivity index (χ3v) is 8.00. The summed E-state index contributed by atoms with van der Waals surface area (Å²) in [6.45, 7) is 0.471. The molecule has 2 aliphatic carbocycles. The number of nitrogens with zero attached hydrogens (tertiary/aromatic N) is 3. The molecule has 2 bridgehead atoms. The summed E-state index contributed by atoms with van der Waals surface area (Å²) < 4.78 is 4.71. The molecular formula is C32H35N3O3. The maximum atomic E-state index is 13.9. The molecule has 196 valence electrons. The average molecular weight is 510 g/mol. The third-order valence-electron chi connectivity index (χ3n) is 8.00. The van der Waals surface area contributed by atoms with Gasteiger partial charge >= 0.3 is 5.97 Å². The second-order valence-electron chi connectivity index (χ2n) is 10.7. The van der Waals surface area contributed by atoms with Gasteiger partial charge in [0.25, 0.3) is 0 Å². The zero-order valence-corrected chi connectivity index (χ0v) is 22.3. The number of methoxy groups -OCH3 is 1. The van der Waals surface area contributed by atoms with E-state index in [2.05, 4.69) is 58.4 Å². The normalized spacial score (nSPS) is 20.0. The van der Waals surface area contributed by atoms with Gasteiger partial charge in [-0.25, -0.2) is 4.79 Å². The van der Waals surface area contributed by atoms with Crippen molar-refractivity contribution in [3.05, 3.63) is 84.2 Å². The summed E-state index contributed by atoms with van der Waals surface area (Å²) in [4.78, 5) is 33.9. The molecule has 0 aliphatic heterocycles. The van der Waals surface area contributed by atoms with Gasteiger partial charge in [-0.05, 0) is 77.6 Å². The lowest BCUT2D eigenvalue weighted by molar-refractivity contribution is -0.134. The van der Waals surface area contributed by atoms with E-state index < -0.39 is 5.97 Å². The molecule has 3 aromatic rings. The molecule has 0 saturated heterocycles. The summed E-state index contributed by atoms with van der Waals surface area (Å²) in [6.07, 6.45) is 11.0. The largest absolute Gasteiger partial charge is 0.466 e. The van der Waals surface area contributed by atoms with Crippen molar-refractivity contribution in [2.75, 3.05) is 31.0 Å². The van der Waals surface area contributed by atoms with Crippen LogP contribution in [0.2, 0.25) is 0 Å². The number of aromatic nitrogens is 1. The topological polar surface area (TPSA) is 62.7 Å². The van der Waals surface area contributed by atoms with Crippen LogP contribution in [0.5, 0.6) is 0 Å². The number of carbonyl (C=O) groups excluding carboxylic acids is 2. The molecule has 6 nitrogen and oxygen atoms in total. The Balaban J connectivity index is 1.40. The first-order valence-electron chi connectivity index (χ1n) is 13.3. The molecule has 1 amide bonds. The van der Waals surface area contributed by atoms with E-state index in [1.165, 1.54) is 26.0 Å². The fourth-order valence-corrected chi connectivity index (χ4v) is 5.90. The van der Waals surface area contributed by atoms with E-state index in [1.807, 2.05) is 25.1 Å². The maximum absolute atomic E-state index is 13.9. The monoisotopic (exact) mass is 509 g/mol. The van der Waals surface area contributed by atoms with E-state index in [1.54, 1.807) is 18.5 Å². The SMILES string of the molecule is COC(=O)/C=C/c1cncc(N(Cc2ccc(-c3ccc(N(C)C)cc3)cc2)C(=O)[C@@H]2C[C@@H]3CC[C@H]2C3)c1. The molecule has 1 aromatic heterocycles. The number of pyridine rings is 1. The fourth-order valence-electron chi connectivity index (χ4n) is 5.90. The minimum atomic E-state index is -0.429. The number of hydrogen-bond acceptors (Lipinski definition) is 5. The lowest BCUT2D eigenvalue weighted by Crippen LogP contribution is -2.38. The molecule has 2 saturated carbocycles. The zero-order valence-electron chi connectivity index (χ0n) is 22.3. The number of amides is 1. The Kier molecular flexibility index (Phi) is 7.59. The zero-order chi connectivity index (χ0) is 26.6. The Labute approximate surface area is 224 Å². The molecule has 2 fully saturated rings. The summed E-state index contributed by atoms with van der Waals surface area (Å²) in [5.74, 6) is 0.981. The standard InChI is InChI=1S/C32H35N3O3/c1-34(2)28-13-11-26(12-14-28)25-8-4-22(5-9-25)21-35(32(37)30-18-23-6-10-27(30)16-23)29-17-24(19-33-20-29)7-15-31(36)38-3/h4-5,7-9,11-15,17,19-20,23,27,30H,6,10,16,18,21H2,1-3H3/b15-7+/t23-,27+,30-/m1/s1. The van der Waals surface area contributed by atoms with Gasteiger partial charge in [-0.2, -0.15) is 0 Å². The highest BCUT2D eigenvalue weighted by molar-refractivity contribution is 5.96. The van der Waals surface area contributed by atoms with Crippen molar-refractivity contribution in [1.29, 1.82) is 0 Å². The first-order valence-corrected chi connectivity index (χ1v) is 13.3. The lowest BCUT2D eigenvalue weighted by Gasteiger charge is -2.30. The predicted molar refractivity (Wildman–Crippen MR) is 152 cm³/mol. The number of ether oxygens (including phenoxy) is 1. The van der Waals surface area contributed by atoms with Gasteiger partial charge in [0.2, 0.25) is 5.91 Å². The predicted octanol–water partition coefficient (Wildman–Crippen LogP) is 5.97. The molecule has 5 rings (SSSR count). The molecule has 2 aliphatic rings. The Morgan fingerprint density at radius 3 is 2.26 bits per heavy atom. The van der Waals surface area contributed by atoms with Crippen molar-refractivity contribution in [2.45, 2.75) is 32.2 Å². The van der Waals surface area contributed by atoms with E-state index in [0.717, 1.165) is 46.5 Å². The molecule has 0 N–H and O–H groups in total. The molecule has 6 heteroatoms. The molecule has 1 heterocycles. The van der Waals surface area contributed by atoms with Crippen LogP contribution < -0.4 is 9.80 Å². The Bertz CT molecular complexity index is 1310. The number of rotatable bonds is 8. The highest BCUT2D eigenvalue weighted by Crippen LogP contribution is 2.49. The van der Waals surface area contributed by atoms with E-state index >= 15 is 0 Å². The summed E-state index contributed by atoms with van der Waals surface area (Å²) in [5.41, 5.74) is 6.01. The second kappa shape index (κ2) is 11.2. The highest BCUT2D eigenvalue weighted by atomic mass is 16.5. The number of carbonyl (C=O) groups is 2. The number of hydrogen-bond donors (Lipinski definition) is 0. The number of benzene rings is 2. The van der Waals surface area contributed by atoms with E-state index in [0.29, 0.717) is 18.4 Å². The molecule has 0 spiro atoms. The molecule has 0 radical (unpaired) electrons. The molecular weight excluding hydrogens is 474 g/mol. The number of esters is 1. The van der Waals surface area contributed by atoms with Gasteiger partial charge in [0.1, 0.15) is 0 Å². The summed E-state index contributed by atoms with van der Waals surface area (Å²) in [7, 11) is 5.42. The van der Waals surface area contributed by atoms with Crippen LogP contribution >= 0.6 is 0 Å². The van der Waals surface area contributed by atoms with Crippen molar-refractivity contribution in [3.63, 3.8) is 0 Å². The quantitative estimate of drug-likeness (QED) is 0.277. The van der Waals surface area contributed by atoms with Crippen LogP contribution in [-0.2, 0) is 20.9 Å². The van der Waals surface area contributed by atoms with Crippen molar-refractivity contribution in [3.8, 4) is 11.1 Å². The van der Waals surface area contributed by atoms with Crippen molar-refractivity contribution >= 4 is 29.3 Å². The van der Waals surface area contributed by atoms with Gasteiger partial charge in [0.15, 0.2) is 0 Å². The summed E-state index contributed by atoms with van der Waals surface area (Å²) in [5, 5.41) is 0. The number of anilines is 2. The van der Waals surface area contributed by atoms with Crippen LogP contribution in [0.3, 0.4) is 0 Å². The van der Waals surface area contributed by atoms with Gasteiger partial charge in [-0.3, -0.25) is 9.78 Å². The summed E-state index contributed by atoms with van der Waals surface area (Å²) in [6, 6.07) is 18.9. The highest BCUT2D eigenvalue weighted by Gasteiger charge is 2.44. The van der Waals surface area contributed by atoms with E-state index in [4.69, 9.17) is 4.74 Å². The average Bonchev–Trinajstić information content (AvgIpc) is 3.59. The molecule has 0 unspecified atom stereocenters. The minimum Gasteiger partial charge on any atom is -0.466 e. The van der Waals surface area contributed by atoms with E-state index in [9.17, 15) is 9.59 Å². The van der Waals surface area contributed by atoms with Gasteiger partial charge in [0, 0.05) is 38.0 Å². The number of fused-ring (bicyclic) bond motifs is 2. The lowest BCUT2D eigenvalue weighted by atomic mass is 9.87. The minimum absolute atomic E-state index is 0.0671. The maximum Gasteiger partial charge on any atom is 0.330 e. The van der Waals surface area contributed by atoms with Crippen LogP contribution in [0.1, 0.15) is 36.8 Å². The van der Waals surface area contributed by atoms with Crippen molar-refractivity contribution < 1.29 is 14.3 Å². The van der Waals surface area contributed by atoms with Crippen LogP contribution in [0.15, 0.2) is 73.1 Å². The smallest absolute Gasteiger partial charge is 0.330 e. The van der Waals surface area contributed by atoms with Crippen LogP contribution in [0.4, 0.5) is 11.4 Å². The van der Waals surface area contributed by atoms with Gasteiger partial charge in [-0.15, -0.1) is 0 Å². The second-order valence-corrected chi connectivity index (χ2v) is 10.7. The summed E-state index contributed by atoms with van der Waals surface area (Å²) >= 11 is 0. The van der Waals surface area contributed by atoms with Crippen molar-refractivity contribution in [2.24, 2.45) is 17.8 Å². The van der Waals surface area contributed by atoms with Gasteiger partial charge in [0.05, 0.1) is 25.5 Å². The van der Waals surface area contributed by atoms with Crippen LogP contribution in [0, 0.1) is 17.8 Å². The van der Waals surface area contributed by atoms with Crippen LogP contribution in [0.25, 0.3) is 17.2 Å². The first kappa shape index (κ1) is 25.7. The Hall–Kier alpha value is -3.93. The van der Waals surface area contributed by atoms with Gasteiger partial charge < -0.3 is 14.5 Å². The van der Waals surface area contributed by atoms with Crippen LogP contribution in [-0.4, -0.2) is 38.1 Å². The fraction of sp³-hybridized carbons (Fsp3) is 0.344. The molecule has 3 atom stereocenters. The molecule has 38 heavy (non-hydrogen) atoms. The Morgan fingerprint density at radius 1 is 0.947 bits per heavy atom. The first-order chi connectivity index (χ1) is 18.4. The van der Waals surface area contributed by atoms with Gasteiger partial charge in [-0.1, -0.05) is 42.8 Å². The van der Waals surface area contributed by atoms with E-state index in [-0.39, 0.29) is 11.8 Å². The van der Waals surface area contributed by atoms with Crippen molar-refractivity contribution in [1.82, 2.24) is 4.98 Å². The molecule has 2 aromatic carbocycles. The third kappa shape index (κ3) is 5.64. The Morgan fingerprint density at radius 2 is 1.66 bits per heavy atom.